The standard InChI is InChI=1S/C29H38N2O5.C24H30N2O5/c32-21-24(33)15-6-1-2-7-19-27(34)31-26-18-11-8-14-23(26)20-30-28(22-12-4-3-5-13-22)29(35)36-25-16-9-10-17-25;27-17-20(28)13-6-1-2-7-15-22(29)26-21-14-9-8-12-19(21)16-25-23(24(30)31)18-10-4-3-5-11-18/h3-5,8,11-14,18,25,28,30,32H,1-2,6-7,9-10,15-17,19-21H2,(H,31,34);3-5,8-12,14,23,25,27H,1-2,6-7,13,15-17H2,(H,26,29)(H,30,31). The summed E-state index contributed by atoms with van der Waals surface area (Å²) < 4.78 is 5.80. The van der Waals surface area contributed by atoms with Gasteiger partial charge in [-0.2, -0.15) is 0 Å². The normalized spacial score (nSPS) is 13.1. The van der Waals surface area contributed by atoms with Gasteiger partial charge in [0.25, 0.3) is 0 Å². The smallest absolute Gasteiger partial charge is 0.328 e. The third-order valence-electron chi connectivity index (χ3n) is 11.5. The third-order valence-corrected chi connectivity index (χ3v) is 11.5. The third kappa shape index (κ3) is 20.6. The molecule has 67 heavy (non-hydrogen) atoms. The summed E-state index contributed by atoms with van der Waals surface area (Å²) in [7, 11) is 0. The number of carbonyl (C=O) groups is 6. The first-order valence-electron chi connectivity index (χ1n) is 23.6. The lowest BCUT2D eigenvalue weighted by Crippen LogP contribution is -2.32. The van der Waals surface area contributed by atoms with Crippen LogP contribution in [0.15, 0.2) is 109 Å². The number of carbonyl (C=O) groups excluding carboxylic acids is 5. The number of Topliss-reactive ketones (excluding diaryl/α,β-unsaturated/α-hetero) is 2. The number of para-hydroxylation sites is 2. The highest BCUT2D eigenvalue weighted by atomic mass is 16.5. The molecule has 14 nitrogen and oxygen atoms in total. The zero-order valence-corrected chi connectivity index (χ0v) is 38.5. The van der Waals surface area contributed by atoms with Gasteiger partial charge >= 0.3 is 11.9 Å². The molecule has 14 heteroatoms. The van der Waals surface area contributed by atoms with Gasteiger partial charge in [0.05, 0.1) is 0 Å². The zero-order chi connectivity index (χ0) is 48.1. The Morgan fingerprint density at radius 3 is 1.33 bits per heavy atom. The Kier molecular flexibility index (Phi) is 24.8. The minimum atomic E-state index is -0.964. The second kappa shape index (κ2) is 31.0. The van der Waals surface area contributed by atoms with Crippen molar-refractivity contribution in [1.82, 2.24) is 10.6 Å². The lowest BCUT2D eigenvalue weighted by molar-refractivity contribution is -0.151. The van der Waals surface area contributed by atoms with E-state index in [-0.39, 0.29) is 35.5 Å². The number of aliphatic carboxylic acids is 1. The molecule has 360 valence electrons. The first kappa shape index (κ1) is 53.6. The average Bonchev–Trinajstić information content (AvgIpc) is 3.86. The van der Waals surface area contributed by atoms with Crippen LogP contribution in [0.1, 0.15) is 137 Å². The number of esters is 1. The highest BCUT2D eigenvalue weighted by Crippen LogP contribution is 2.25. The predicted octanol–water partition coefficient (Wildman–Crippen LogP) is 8.29. The van der Waals surface area contributed by atoms with Crippen molar-refractivity contribution in [2.45, 2.75) is 134 Å². The molecule has 0 heterocycles. The van der Waals surface area contributed by atoms with Crippen molar-refractivity contribution < 1.29 is 48.8 Å². The number of benzene rings is 4. The zero-order valence-electron chi connectivity index (χ0n) is 38.5. The van der Waals surface area contributed by atoms with Crippen LogP contribution in [0.4, 0.5) is 11.4 Å². The summed E-state index contributed by atoms with van der Waals surface area (Å²) in [5.41, 5.74) is 4.59. The molecular weight excluding hydrogens is 853 g/mol. The second-order valence-corrected chi connectivity index (χ2v) is 16.8. The van der Waals surface area contributed by atoms with Crippen LogP contribution in [-0.2, 0) is 46.6 Å². The quantitative estimate of drug-likeness (QED) is 0.0202. The number of nitrogens with one attached hydrogen (secondary N) is 4. The number of ketones is 2. The first-order chi connectivity index (χ1) is 32.6. The summed E-state index contributed by atoms with van der Waals surface area (Å²) in [6.45, 7) is -0.116. The van der Waals surface area contributed by atoms with Crippen LogP contribution in [0.5, 0.6) is 0 Å². The Balaban J connectivity index is 0.000000296. The van der Waals surface area contributed by atoms with E-state index < -0.39 is 31.3 Å². The molecule has 0 aliphatic heterocycles. The monoisotopic (exact) mass is 920 g/mol. The lowest BCUT2D eigenvalue weighted by atomic mass is 10.1. The molecule has 1 aliphatic rings. The maximum atomic E-state index is 13.0. The van der Waals surface area contributed by atoms with Crippen LogP contribution in [-0.4, -0.2) is 70.0 Å². The largest absolute Gasteiger partial charge is 0.480 e. The number of aliphatic hydroxyl groups is 2. The van der Waals surface area contributed by atoms with Gasteiger partial charge in [0.1, 0.15) is 31.4 Å². The molecule has 2 amide bonds. The van der Waals surface area contributed by atoms with Crippen LogP contribution in [0.3, 0.4) is 0 Å². The fourth-order valence-electron chi connectivity index (χ4n) is 7.74. The van der Waals surface area contributed by atoms with Crippen LogP contribution in [0, 0.1) is 0 Å². The van der Waals surface area contributed by atoms with Crippen LogP contribution in [0.2, 0.25) is 0 Å². The second-order valence-electron chi connectivity index (χ2n) is 16.8. The number of hydrogen-bond donors (Lipinski definition) is 7. The fourth-order valence-corrected chi connectivity index (χ4v) is 7.74. The van der Waals surface area contributed by atoms with Gasteiger partial charge in [-0.15, -0.1) is 0 Å². The number of aliphatic hydroxyl groups excluding tert-OH is 2. The molecule has 1 fully saturated rings. The SMILES string of the molecule is O=C(CO)CCCCCCC(=O)Nc1ccccc1CNC(C(=O)O)c1ccccc1.O=C(CO)CCCCCCC(=O)Nc1ccccc1CNC(C(=O)OC1CCCC1)c1ccccc1. The van der Waals surface area contributed by atoms with Gasteiger partial charge in [-0.05, 0) is 85.8 Å². The maximum Gasteiger partial charge on any atom is 0.328 e. The number of amides is 2. The average molecular weight is 921 g/mol. The van der Waals surface area contributed by atoms with E-state index in [2.05, 4.69) is 21.3 Å². The van der Waals surface area contributed by atoms with Crippen LogP contribution < -0.4 is 21.3 Å². The molecule has 0 radical (unpaired) electrons. The van der Waals surface area contributed by atoms with Crippen molar-refractivity contribution in [3.63, 3.8) is 0 Å². The Hall–Kier alpha value is -6.06. The van der Waals surface area contributed by atoms with Gasteiger partial charge in [0, 0.05) is 50.1 Å². The molecule has 1 aliphatic carbocycles. The van der Waals surface area contributed by atoms with Crippen molar-refractivity contribution >= 4 is 46.7 Å². The topological polar surface area (TPSA) is 220 Å². The number of ether oxygens (including phenoxy) is 1. The van der Waals surface area contributed by atoms with Gasteiger partial charge in [-0.25, -0.2) is 4.79 Å². The molecule has 5 rings (SSSR count). The van der Waals surface area contributed by atoms with Crippen LogP contribution in [0.25, 0.3) is 0 Å². The summed E-state index contributed by atoms with van der Waals surface area (Å²) >= 11 is 0. The molecule has 2 atom stereocenters. The predicted molar refractivity (Wildman–Crippen MR) is 258 cm³/mol. The van der Waals surface area contributed by atoms with E-state index in [0.717, 1.165) is 93.0 Å². The number of unbranched alkanes of at least 4 members (excludes halogenated alkanes) is 6. The van der Waals surface area contributed by atoms with E-state index in [1.54, 1.807) is 30.3 Å². The number of carboxylic acid groups (broad SMARTS) is 1. The molecule has 4 aromatic carbocycles. The van der Waals surface area contributed by atoms with Crippen molar-refractivity contribution in [1.29, 1.82) is 0 Å². The summed E-state index contributed by atoms with van der Waals surface area (Å²) in [6.07, 6.45) is 11.9. The molecule has 0 spiro atoms. The summed E-state index contributed by atoms with van der Waals surface area (Å²) in [5, 5.41) is 39.3. The van der Waals surface area contributed by atoms with Gasteiger partial charge < -0.3 is 30.7 Å². The minimum absolute atomic E-state index is 0.00717. The van der Waals surface area contributed by atoms with Crippen LogP contribution >= 0.6 is 0 Å². The van der Waals surface area contributed by atoms with E-state index in [9.17, 15) is 33.9 Å². The van der Waals surface area contributed by atoms with E-state index in [4.69, 9.17) is 14.9 Å². The first-order valence-corrected chi connectivity index (χ1v) is 23.6. The van der Waals surface area contributed by atoms with E-state index in [1.165, 1.54) is 0 Å². The summed E-state index contributed by atoms with van der Waals surface area (Å²) in [4.78, 5) is 71.7. The van der Waals surface area contributed by atoms with Crippen molar-refractivity contribution in [2.75, 3.05) is 23.8 Å². The molecule has 7 N–H and O–H groups in total. The lowest BCUT2D eigenvalue weighted by Gasteiger charge is -2.21. The Morgan fingerprint density at radius 2 is 0.896 bits per heavy atom. The number of carboxylic acids is 1. The van der Waals surface area contributed by atoms with Crippen molar-refractivity contribution in [3.8, 4) is 0 Å². The molecule has 4 aromatic rings. The van der Waals surface area contributed by atoms with Gasteiger partial charge in [0.15, 0.2) is 11.6 Å². The number of rotatable bonds is 29. The summed E-state index contributed by atoms with van der Waals surface area (Å²) in [5.74, 6) is -1.69. The van der Waals surface area contributed by atoms with Crippen molar-refractivity contribution in [2.24, 2.45) is 0 Å². The van der Waals surface area contributed by atoms with Crippen molar-refractivity contribution in [3.05, 3.63) is 131 Å². The highest BCUT2D eigenvalue weighted by molar-refractivity contribution is 5.92. The molecule has 2 unspecified atom stereocenters. The van der Waals surface area contributed by atoms with Gasteiger partial charge in [-0.3, -0.25) is 34.6 Å². The number of hydrogen-bond acceptors (Lipinski definition) is 11. The Morgan fingerprint density at radius 1 is 0.507 bits per heavy atom. The van der Waals surface area contributed by atoms with E-state index in [0.29, 0.717) is 56.4 Å². The van der Waals surface area contributed by atoms with E-state index >= 15 is 0 Å². The Bertz CT molecular complexity index is 2130. The fraction of sp³-hybridized carbons (Fsp3) is 0.434. The molecule has 1 saturated carbocycles. The summed E-state index contributed by atoms with van der Waals surface area (Å²) in [6, 6.07) is 32.0. The maximum absolute atomic E-state index is 13.0. The van der Waals surface area contributed by atoms with Gasteiger partial charge in [0.2, 0.25) is 11.8 Å². The molecular formula is C53H68N4O10. The molecule has 0 aromatic heterocycles. The number of anilines is 2. The van der Waals surface area contributed by atoms with Gasteiger partial charge in [-0.1, -0.05) is 123 Å². The van der Waals surface area contributed by atoms with E-state index in [1.807, 2.05) is 78.9 Å². The molecule has 0 saturated heterocycles. The minimum Gasteiger partial charge on any atom is -0.480 e. The Labute approximate surface area is 394 Å². The molecule has 0 bridgehead atoms. The highest BCUT2D eigenvalue weighted by Gasteiger charge is 2.27.